The van der Waals surface area contributed by atoms with E-state index in [-0.39, 0.29) is 11.5 Å². The molecule has 1 saturated heterocycles. The molecule has 1 unspecified atom stereocenters. The number of piperazine rings is 1. The van der Waals surface area contributed by atoms with Gasteiger partial charge in [0.2, 0.25) is 0 Å². The maximum Gasteiger partial charge on any atom is 0.256 e. The van der Waals surface area contributed by atoms with Crippen LogP contribution in [0.5, 0.6) is 0 Å². The van der Waals surface area contributed by atoms with Crippen LogP contribution in [0.25, 0.3) is 0 Å². The molecule has 2 rings (SSSR count). The highest BCUT2D eigenvalue weighted by Crippen LogP contribution is 2.15. The standard InChI is InChI=1S/C16H24FN3O/c1-12-3-4-15(17)14(9-12)16(21)20-7-5-19(6-8-20)11-13(2)10-18/h3-4,9,13H,5-8,10-11,18H2,1-2H3. The lowest BCUT2D eigenvalue weighted by atomic mass is 10.1. The van der Waals surface area contributed by atoms with E-state index in [0.717, 1.165) is 25.2 Å². The molecule has 1 amide bonds. The van der Waals surface area contributed by atoms with Crippen LogP contribution in [0.15, 0.2) is 18.2 Å². The van der Waals surface area contributed by atoms with E-state index in [4.69, 9.17) is 5.73 Å². The predicted molar refractivity (Wildman–Crippen MR) is 81.7 cm³/mol. The van der Waals surface area contributed by atoms with Gasteiger partial charge in [-0.05, 0) is 31.5 Å². The maximum absolute atomic E-state index is 13.8. The van der Waals surface area contributed by atoms with Crippen LogP contribution < -0.4 is 5.73 Å². The van der Waals surface area contributed by atoms with Crippen LogP contribution in [0.3, 0.4) is 0 Å². The molecule has 1 atom stereocenters. The number of aryl methyl sites for hydroxylation is 1. The second-order valence-electron chi connectivity index (χ2n) is 5.92. The van der Waals surface area contributed by atoms with E-state index in [1.165, 1.54) is 6.07 Å². The normalized spacial score (nSPS) is 17.8. The highest BCUT2D eigenvalue weighted by Gasteiger charge is 2.24. The predicted octanol–water partition coefficient (Wildman–Crippen LogP) is 1.49. The molecule has 21 heavy (non-hydrogen) atoms. The molecule has 1 aromatic carbocycles. The van der Waals surface area contributed by atoms with Gasteiger partial charge in [-0.2, -0.15) is 0 Å². The fourth-order valence-corrected chi connectivity index (χ4v) is 2.62. The first-order valence-corrected chi connectivity index (χ1v) is 7.49. The molecule has 1 aliphatic heterocycles. The number of hydrogen-bond donors (Lipinski definition) is 1. The first-order valence-electron chi connectivity index (χ1n) is 7.49. The molecule has 0 spiro atoms. The van der Waals surface area contributed by atoms with Crippen molar-refractivity contribution in [1.82, 2.24) is 9.80 Å². The van der Waals surface area contributed by atoms with Crippen LogP contribution in [0.2, 0.25) is 0 Å². The summed E-state index contributed by atoms with van der Waals surface area (Å²) in [5.41, 5.74) is 6.72. The summed E-state index contributed by atoms with van der Waals surface area (Å²) in [5, 5.41) is 0. The van der Waals surface area contributed by atoms with Gasteiger partial charge in [0.15, 0.2) is 0 Å². The quantitative estimate of drug-likeness (QED) is 0.915. The van der Waals surface area contributed by atoms with E-state index in [1.54, 1.807) is 17.0 Å². The number of carbonyl (C=O) groups excluding carboxylic acids is 1. The van der Waals surface area contributed by atoms with Crippen LogP contribution in [0, 0.1) is 18.7 Å². The van der Waals surface area contributed by atoms with Crippen molar-refractivity contribution in [2.75, 3.05) is 39.3 Å². The zero-order valence-corrected chi connectivity index (χ0v) is 12.8. The molecule has 0 aliphatic carbocycles. The third kappa shape index (κ3) is 4.02. The summed E-state index contributed by atoms with van der Waals surface area (Å²) < 4.78 is 13.8. The zero-order valence-electron chi connectivity index (χ0n) is 12.8. The highest BCUT2D eigenvalue weighted by molar-refractivity contribution is 5.94. The minimum absolute atomic E-state index is 0.179. The second-order valence-corrected chi connectivity index (χ2v) is 5.92. The smallest absolute Gasteiger partial charge is 0.256 e. The molecule has 0 aromatic heterocycles. The van der Waals surface area contributed by atoms with Crippen molar-refractivity contribution in [3.05, 3.63) is 35.1 Å². The Morgan fingerprint density at radius 3 is 2.62 bits per heavy atom. The Bertz CT molecular complexity index is 498. The number of carbonyl (C=O) groups is 1. The number of rotatable bonds is 4. The van der Waals surface area contributed by atoms with Gasteiger partial charge >= 0.3 is 0 Å². The summed E-state index contributed by atoms with van der Waals surface area (Å²) in [5.74, 6) is -0.186. The number of amides is 1. The largest absolute Gasteiger partial charge is 0.336 e. The van der Waals surface area contributed by atoms with Crippen molar-refractivity contribution in [2.45, 2.75) is 13.8 Å². The van der Waals surface area contributed by atoms with Crippen molar-refractivity contribution >= 4 is 5.91 Å². The van der Waals surface area contributed by atoms with Crippen molar-refractivity contribution in [1.29, 1.82) is 0 Å². The number of nitrogens with two attached hydrogens (primary N) is 1. The summed E-state index contributed by atoms with van der Waals surface area (Å²) in [6, 6.07) is 4.67. The molecular weight excluding hydrogens is 269 g/mol. The lowest BCUT2D eigenvalue weighted by Gasteiger charge is -2.35. The van der Waals surface area contributed by atoms with Crippen molar-refractivity contribution in [3.8, 4) is 0 Å². The van der Waals surface area contributed by atoms with Gasteiger partial charge in [-0.25, -0.2) is 4.39 Å². The van der Waals surface area contributed by atoms with Crippen molar-refractivity contribution in [3.63, 3.8) is 0 Å². The van der Waals surface area contributed by atoms with Crippen LogP contribution >= 0.6 is 0 Å². The molecule has 1 fully saturated rings. The van der Waals surface area contributed by atoms with Gasteiger partial charge in [0.1, 0.15) is 5.82 Å². The zero-order chi connectivity index (χ0) is 15.4. The molecule has 1 heterocycles. The lowest BCUT2D eigenvalue weighted by molar-refractivity contribution is 0.0617. The van der Waals surface area contributed by atoms with Crippen LogP contribution in [-0.4, -0.2) is 55.0 Å². The average molecular weight is 293 g/mol. The number of nitrogens with zero attached hydrogens (tertiary/aromatic N) is 2. The molecule has 1 aromatic rings. The van der Waals surface area contributed by atoms with E-state index in [9.17, 15) is 9.18 Å². The Labute approximate surface area is 125 Å². The van der Waals surface area contributed by atoms with Gasteiger partial charge in [0.25, 0.3) is 5.91 Å². The Balaban J connectivity index is 1.95. The maximum atomic E-state index is 13.8. The van der Waals surface area contributed by atoms with Gasteiger partial charge < -0.3 is 10.6 Å². The Hall–Kier alpha value is -1.46. The van der Waals surface area contributed by atoms with Gasteiger partial charge in [-0.3, -0.25) is 9.69 Å². The molecule has 0 radical (unpaired) electrons. The molecule has 116 valence electrons. The monoisotopic (exact) mass is 293 g/mol. The number of hydrogen-bond acceptors (Lipinski definition) is 3. The molecule has 4 nitrogen and oxygen atoms in total. The summed E-state index contributed by atoms with van der Waals surface area (Å²) in [6.07, 6.45) is 0. The van der Waals surface area contributed by atoms with E-state index in [0.29, 0.717) is 25.6 Å². The van der Waals surface area contributed by atoms with Crippen LogP contribution in [0.4, 0.5) is 4.39 Å². The average Bonchev–Trinajstić information content (AvgIpc) is 2.49. The van der Waals surface area contributed by atoms with Crippen LogP contribution in [-0.2, 0) is 0 Å². The minimum atomic E-state index is -0.440. The highest BCUT2D eigenvalue weighted by atomic mass is 19.1. The fourth-order valence-electron chi connectivity index (χ4n) is 2.62. The van der Waals surface area contributed by atoms with Gasteiger partial charge in [-0.15, -0.1) is 0 Å². The van der Waals surface area contributed by atoms with Gasteiger partial charge in [-0.1, -0.05) is 18.6 Å². The van der Waals surface area contributed by atoms with E-state index < -0.39 is 5.82 Å². The Morgan fingerprint density at radius 2 is 2.00 bits per heavy atom. The third-order valence-corrected chi connectivity index (χ3v) is 3.98. The summed E-state index contributed by atoms with van der Waals surface area (Å²) in [4.78, 5) is 16.5. The van der Waals surface area contributed by atoms with Gasteiger partial charge in [0.05, 0.1) is 5.56 Å². The third-order valence-electron chi connectivity index (χ3n) is 3.98. The van der Waals surface area contributed by atoms with E-state index in [2.05, 4.69) is 11.8 Å². The topological polar surface area (TPSA) is 49.6 Å². The lowest BCUT2D eigenvalue weighted by Crippen LogP contribution is -2.50. The summed E-state index contributed by atoms with van der Waals surface area (Å²) >= 11 is 0. The first-order chi connectivity index (χ1) is 10.0. The number of halogens is 1. The van der Waals surface area contributed by atoms with E-state index in [1.807, 2.05) is 6.92 Å². The summed E-state index contributed by atoms with van der Waals surface area (Å²) in [7, 11) is 0. The second kappa shape index (κ2) is 7.00. The van der Waals surface area contributed by atoms with Crippen molar-refractivity contribution < 1.29 is 9.18 Å². The summed E-state index contributed by atoms with van der Waals surface area (Å²) in [6.45, 7) is 8.55. The molecular formula is C16H24FN3O. The SMILES string of the molecule is Cc1ccc(F)c(C(=O)N2CCN(CC(C)CN)CC2)c1. The molecule has 0 bridgehead atoms. The Morgan fingerprint density at radius 1 is 1.33 bits per heavy atom. The minimum Gasteiger partial charge on any atom is -0.336 e. The number of benzene rings is 1. The Kier molecular flexibility index (Phi) is 5.31. The molecule has 2 N–H and O–H groups in total. The fraction of sp³-hybridized carbons (Fsp3) is 0.562. The molecule has 5 heteroatoms. The van der Waals surface area contributed by atoms with Crippen molar-refractivity contribution in [2.24, 2.45) is 11.7 Å². The molecule has 1 aliphatic rings. The van der Waals surface area contributed by atoms with Crippen LogP contribution in [0.1, 0.15) is 22.8 Å². The molecule has 0 saturated carbocycles. The van der Waals surface area contributed by atoms with Gasteiger partial charge in [0, 0.05) is 32.7 Å². The first kappa shape index (κ1) is 15.9. The van der Waals surface area contributed by atoms with E-state index >= 15 is 0 Å².